The molecule has 0 aromatic rings. The van der Waals surface area contributed by atoms with E-state index in [9.17, 15) is 9.90 Å². The molecule has 0 aromatic carbocycles. The maximum Gasteiger partial charge on any atom is 0.223 e. The lowest BCUT2D eigenvalue weighted by Gasteiger charge is -2.42. The van der Waals surface area contributed by atoms with Crippen LogP contribution < -0.4 is 5.73 Å². The second-order valence-corrected chi connectivity index (χ2v) is 8.15. The van der Waals surface area contributed by atoms with Gasteiger partial charge < -0.3 is 20.5 Å². The van der Waals surface area contributed by atoms with E-state index < -0.39 is 5.60 Å². The zero-order chi connectivity index (χ0) is 16.4. The molecule has 132 valence electrons. The molecule has 5 heteroatoms. The van der Waals surface area contributed by atoms with Crippen molar-refractivity contribution in [1.82, 2.24) is 4.90 Å². The van der Waals surface area contributed by atoms with Crippen molar-refractivity contribution in [3.8, 4) is 0 Å². The van der Waals surface area contributed by atoms with E-state index in [0.29, 0.717) is 12.5 Å². The van der Waals surface area contributed by atoms with Crippen molar-refractivity contribution in [3.63, 3.8) is 0 Å². The van der Waals surface area contributed by atoms with E-state index in [1.807, 2.05) is 0 Å². The molecular formula is C18H32N2O3. The molecule has 1 saturated carbocycles. The molecule has 0 spiro atoms. The van der Waals surface area contributed by atoms with Crippen LogP contribution in [0.25, 0.3) is 0 Å². The van der Waals surface area contributed by atoms with E-state index in [2.05, 4.69) is 11.8 Å². The first-order valence-corrected chi connectivity index (χ1v) is 9.32. The lowest BCUT2D eigenvalue weighted by atomic mass is 9.78. The minimum atomic E-state index is -0.487. The predicted octanol–water partition coefficient (Wildman–Crippen LogP) is 1.53. The summed E-state index contributed by atoms with van der Waals surface area (Å²) < 4.78 is 5.81. The molecule has 0 radical (unpaired) electrons. The topological polar surface area (TPSA) is 75.8 Å². The second-order valence-electron chi connectivity index (χ2n) is 8.15. The number of carbonyl (C=O) groups excluding carboxylic acids is 1. The summed E-state index contributed by atoms with van der Waals surface area (Å²) in [5, 5.41) is 10.8. The Kier molecular flexibility index (Phi) is 5.29. The zero-order valence-electron chi connectivity index (χ0n) is 14.4. The summed E-state index contributed by atoms with van der Waals surface area (Å²) in [6.45, 7) is 5.73. The normalized spacial score (nSPS) is 40.3. The minimum absolute atomic E-state index is 0.0215. The Balaban J connectivity index is 1.48. The van der Waals surface area contributed by atoms with Gasteiger partial charge in [-0.1, -0.05) is 6.92 Å². The highest BCUT2D eigenvalue weighted by Crippen LogP contribution is 2.36. The molecule has 0 bridgehead atoms. The highest BCUT2D eigenvalue weighted by molar-refractivity contribution is 5.77. The van der Waals surface area contributed by atoms with Crippen molar-refractivity contribution in [3.05, 3.63) is 0 Å². The number of ether oxygens (including phenoxy) is 1. The summed E-state index contributed by atoms with van der Waals surface area (Å²) in [4.78, 5) is 14.0. The van der Waals surface area contributed by atoms with E-state index in [1.54, 1.807) is 0 Å². The summed E-state index contributed by atoms with van der Waals surface area (Å²) >= 11 is 0. The monoisotopic (exact) mass is 324 g/mol. The molecule has 3 aliphatic rings. The quantitative estimate of drug-likeness (QED) is 0.822. The molecule has 1 aliphatic carbocycles. The van der Waals surface area contributed by atoms with Crippen molar-refractivity contribution >= 4 is 5.91 Å². The van der Waals surface area contributed by atoms with Crippen molar-refractivity contribution in [2.75, 3.05) is 26.2 Å². The zero-order valence-corrected chi connectivity index (χ0v) is 14.4. The summed E-state index contributed by atoms with van der Waals surface area (Å²) in [6.07, 6.45) is 7.03. The van der Waals surface area contributed by atoms with E-state index >= 15 is 0 Å². The van der Waals surface area contributed by atoms with E-state index in [1.165, 1.54) is 0 Å². The minimum Gasteiger partial charge on any atom is -0.389 e. The van der Waals surface area contributed by atoms with Crippen LogP contribution >= 0.6 is 0 Å². The molecule has 5 nitrogen and oxygen atoms in total. The van der Waals surface area contributed by atoms with Gasteiger partial charge in [0.2, 0.25) is 5.91 Å². The number of carbonyl (C=O) groups is 1. The van der Waals surface area contributed by atoms with Crippen LogP contribution in [0, 0.1) is 17.8 Å². The van der Waals surface area contributed by atoms with E-state index in [0.717, 1.165) is 70.5 Å². The van der Waals surface area contributed by atoms with Crippen molar-refractivity contribution in [1.29, 1.82) is 0 Å². The average Bonchev–Trinajstić information content (AvgIpc) is 3.01. The number of nitrogens with zero attached hydrogens (tertiary/aromatic N) is 1. The molecule has 0 aromatic heterocycles. The van der Waals surface area contributed by atoms with Gasteiger partial charge in [0.15, 0.2) is 0 Å². The van der Waals surface area contributed by atoms with Crippen LogP contribution in [0.4, 0.5) is 0 Å². The van der Waals surface area contributed by atoms with Gasteiger partial charge in [-0.15, -0.1) is 0 Å². The number of aliphatic hydroxyl groups is 1. The fraction of sp³-hybridized carbons (Fsp3) is 0.944. The third kappa shape index (κ3) is 4.06. The molecule has 1 amide bonds. The third-order valence-electron chi connectivity index (χ3n) is 6.32. The smallest absolute Gasteiger partial charge is 0.223 e. The average molecular weight is 324 g/mol. The highest BCUT2D eigenvalue weighted by Gasteiger charge is 2.40. The number of β-amino-alcohol motifs (C(OH)–C–C–N with tert-alkyl or cyclic N) is 1. The van der Waals surface area contributed by atoms with E-state index in [-0.39, 0.29) is 17.9 Å². The van der Waals surface area contributed by atoms with Crippen LogP contribution in [0.2, 0.25) is 0 Å². The Labute approximate surface area is 139 Å². The van der Waals surface area contributed by atoms with Crippen molar-refractivity contribution < 1.29 is 14.6 Å². The number of primary amides is 1. The number of nitrogens with two attached hydrogens (primary N) is 1. The largest absolute Gasteiger partial charge is 0.389 e. The van der Waals surface area contributed by atoms with Crippen LogP contribution in [-0.4, -0.2) is 53.9 Å². The standard InChI is InChI=1S/C18H32N2O3/c1-13-2-7-18(22,8-3-13)12-20-9-4-14(5-10-20)16-15(17(19)21)6-11-23-16/h13-16,22H,2-12H2,1H3,(H2,19,21)/t13?,15-,16+,18?/m0/s1. The summed E-state index contributed by atoms with van der Waals surface area (Å²) in [5.41, 5.74) is 5.02. The predicted molar refractivity (Wildman–Crippen MR) is 88.8 cm³/mol. The Bertz CT molecular complexity index is 412. The molecule has 2 heterocycles. The molecule has 23 heavy (non-hydrogen) atoms. The van der Waals surface area contributed by atoms with Gasteiger partial charge in [0.1, 0.15) is 0 Å². The van der Waals surface area contributed by atoms with Gasteiger partial charge in [0.25, 0.3) is 0 Å². The Morgan fingerprint density at radius 2 is 1.87 bits per heavy atom. The third-order valence-corrected chi connectivity index (χ3v) is 6.32. The van der Waals surface area contributed by atoms with Crippen LogP contribution in [0.3, 0.4) is 0 Å². The molecule has 2 saturated heterocycles. The summed E-state index contributed by atoms with van der Waals surface area (Å²) in [5.74, 6) is 0.884. The van der Waals surface area contributed by atoms with Gasteiger partial charge in [0.05, 0.1) is 17.6 Å². The van der Waals surface area contributed by atoms with Crippen LogP contribution in [0.5, 0.6) is 0 Å². The first-order valence-electron chi connectivity index (χ1n) is 9.32. The number of hydrogen-bond acceptors (Lipinski definition) is 4. The lowest BCUT2D eigenvalue weighted by Crippen LogP contribution is -2.49. The van der Waals surface area contributed by atoms with Gasteiger partial charge in [-0.3, -0.25) is 4.79 Å². The lowest BCUT2D eigenvalue weighted by molar-refractivity contribution is -0.125. The van der Waals surface area contributed by atoms with Gasteiger partial charge in [0, 0.05) is 13.2 Å². The molecule has 0 unspecified atom stereocenters. The number of piperidine rings is 1. The maximum absolute atomic E-state index is 11.5. The molecule has 3 fully saturated rings. The second kappa shape index (κ2) is 7.08. The first-order chi connectivity index (χ1) is 11.0. The van der Waals surface area contributed by atoms with Crippen LogP contribution in [0.15, 0.2) is 0 Å². The highest BCUT2D eigenvalue weighted by atomic mass is 16.5. The van der Waals surface area contributed by atoms with Crippen LogP contribution in [0.1, 0.15) is 51.9 Å². The van der Waals surface area contributed by atoms with Gasteiger partial charge in [-0.25, -0.2) is 0 Å². The maximum atomic E-state index is 11.5. The number of rotatable bonds is 4. The molecular weight excluding hydrogens is 292 g/mol. The molecule has 3 rings (SSSR count). The van der Waals surface area contributed by atoms with Gasteiger partial charge >= 0.3 is 0 Å². The summed E-state index contributed by atoms with van der Waals surface area (Å²) in [7, 11) is 0. The summed E-state index contributed by atoms with van der Waals surface area (Å²) in [6, 6.07) is 0. The fourth-order valence-electron chi connectivity index (χ4n) is 4.69. The molecule has 2 aliphatic heterocycles. The number of likely N-dealkylation sites (tertiary alicyclic amines) is 1. The fourth-order valence-corrected chi connectivity index (χ4v) is 4.69. The van der Waals surface area contributed by atoms with Gasteiger partial charge in [-0.05, 0) is 69.9 Å². The van der Waals surface area contributed by atoms with Crippen molar-refractivity contribution in [2.24, 2.45) is 23.5 Å². The SMILES string of the molecule is CC1CCC(O)(CN2CCC([C@H]3OCC[C@@H]3C(N)=O)CC2)CC1. The number of hydrogen-bond donors (Lipinski definition) is 2. The Morgan fingerprint density at radius 3 is 2.48 bits per heavy atom. The van der Waals surface area contributed by atoms with Gasteiger partial charge in [-0.2, -0.15) is 0 Å². The Morgan fingerprint density at radius 1 is 1.22 bits per heavy atom. The number of amides is 1. The van der Waals surface area contributed by atoms with Crippen molar-refractivity contribution in [2.45, 2.75) is 63.6 Å². The first kappa shape index (κ1) is 17.2. The van der Waals surface area contributed by atoms with E-state index in [4.69, 9.17) is 10.5 Å². The molecule has 3 N–H and O–H groups in total. The molecule has 2 atom stereocenters. The van der Waals surface area contributed by atoms with Crippen LogP contribution in [-0.2, 0) is 9.53 Å². The Hall–Kier alpha value is -0.650.